The van der Waals surface area contributed by atoms with Gasteiger partial charge >= 0.3 is 5.91 Å². The van der Waals surface area contributed by atoms with Gasteiger partial charge in [0.15, 0.2) is 6.07 Å². The van der Waals surface area contributed by atoms with Crippen LogP contribution in [0.15, 0.2) is 12.1 Å². The molecule has 1 aromatic rings. The summed E-state index contributed by atoms with van der Waals surface area (Å²) in [5.41, 5.74) is 4.75. The van der Waals surface area contributed by atoms with Crippen molar-refractivity contribution in [3.63, 3.8) is 0 Å². The van der Waals surface area contributed by atoms with Gasteiger partial charge in [0.05, 0.1) is 0 Å². The molecule has 18 heavy (non-hydrogen) atoms. The first kappa shape index (κ1) is 14.2. The number of hydrogen-bond donors (Lipinski definition) is 1. The van der Waals surface area contributed by atoms with Crippen LogP contribution in [0.5, 0.6) is 0 Å². The molecule has 0 aliphatic rings. The van der Waals surface area contributed by atoms with E-state index in [4.69, 9.17) is 5.26 Å². The predicted molar refractivity (Wildman–Crippen MR) is 72.3 cm³/mol. The van der Waals surface area contributed by atoms with Crippen LogP contribution >= 0.6 is 0 Å². The molecule has 1 N–H and O–H groups in total. The molecule has 0 unspecified atom stereocenters. The van der Waals surface area contributed by atoms with E-state index in [1.165, 1.54) is 22.3 Å². The number of carbonyl (C=O) groups is 1. The summed E-state index contributed by atoms with van der Waals surface area (Å²) in [5.74, 6) is -0.578. The Bertz CT molecular complexity index is 487. The van der Waals surface area contributed by atoms with E-state index in [-0.39, 0.29) is 5.41 Å². The zero-order valence-electron chi connectivity index (χ0n) is 11.7. The zero-order valence-corrected chi connectivity index (χ0v) is 11.7. The molecule has 3 heteroatoms. The number of nitrogens with one attached hydrogen (secondary N) is 1. The second-order valence-corrected chi connectivity index (χ2v) is 5.45. The third-order valence-corrected chi connectivity index (χ3v) is 3.15. The molecule has 0 aliphatic heterocycles. The SMILES string of the molecule is Cc1cc(C)c(C(C)(C)CNC(=O)C#N)c(C)c1. The number of benzene rings is 1. The van der Waals surface area contributed by atoms with Gasteiger partial charge in [-0.1, -0.05) is 31.5 Å². The molecule has 0 saturated carbocycles. The van der Waals surface area contributed by atoms with Crippen LogP contribution in [-0.4, -0.2) is 12.5 Å². The van der Waals surface area contributed by atoms with Crippen LogP contribution in [0.1, 0.15) is 36.1 Å². The molecule has 0 bridgehead atoms. The molecule has 0 spiro atoms. The van der Waals surface area contributed by atoms with Crippen LogP contribution in [0.25, 0.3) is 0 Å². The summed E-state index contributed by atoms with van der Waals surface area (Å²) in [6.45, 7) is 10.9. The van der Waals surface area contributed by atoms with Gasteiger partial charge in [-0.2, -0.15) is 5.26 Å². The molecule has 0 atom stereocenters. The lowest BCUT2D eigenvalue weighted by Crippen LogP contribution is -2.37. The van der Waals surface area contributed by atoms with E-state index in [2.05, 4.69) is 52.1 Å². The highest BCUT2D eigenvalue weighted by Gasteiger charge is 2.25. The molecule has 0 aliphatic carbocycles. The average Bonchev–Trinajstić information content (AvgIpc) is 2.24. The third kappa shape index (κ3) is 3.10. The second-order valence-electron chi connectivity index (χ2n) is 5.45. The summed E-state index contributed by atoms with van der Waals surface area (Å²) in [4.78, 5) is 11.0. The first-order chi connectivity index (χ1) is 8.27. The number of hydrogen-bond acceptors (Lipinski definition) is 2. The minimum Gasteiger partial charge on any atom is -0.343 e. The van der Waals surface area contributed by atoms with Crippen LogP contribution in [0.4, 0.5) is 0 Å². The van der Waals surface area contributed by atoms with Crippen molar-refractivity contribution in [2.75, 3.05) is 6.54 Å². The zero-order chi connectivity index (χ0) is 13.9. The molecule has 0 heterocycles. The highest BCUT2D eigenvalue weighted by molar-refractivity contribution is 5.91. The van der Waals surface area contributed by atoms with E-state index in [0.29, 0.717) is 6.54 Å². The van der Waals surface area contributed by atoms with Crippen molar-refractivity contribution in [3.8, 4) is 6.07 Å². The fourth-order valence-corrected chi connectivity index (χ4v) is 2.68. The van der Waals surface area contributed by atoms with E-state index in [9.17, 15) is 4.79 Å². The van der Waals surface area contributed by atoms with Gasteiger partial charge in [-0.25, -0.2) is 0 Å². The maximum absolute atomic E-state index is 11.0. The van der Waals surface area contributed by atoms with Gasteiger partial charge in [0.2, 0.25) is 0 Å². The van der Waals surface area contributed by atoms with E-state index in [1.807, 2.05) is 0 Å². The Hall–Kier alpha value is -1.82. The Morgan fingerprint density at radius 3 is 2.22 bits per heavy atom. The molecule has 1 amide bonds. The molecule has 96 valence electrons. The summed E-state index contributed by atoms with van der Waals surface area (Å²) in [6, 6.07) is 5.88. The fraction of sp³-hybridized carbons (Fsp3) is 0.467. The summed E-state index contributed by atoms with van der Waals surface area (Å²) >= 11 is 0. The second kappa shape index (κ2) is 5.22. The normalized spacial score (nSPS) is 10.9. The quantitative estimate of drug-likeness (QED) is 0.831. The topological polar surface area (TPSA) is 52.9 Å². The highest BCUT2D eigenvalue weighted by Crippen LogP contribution is 2.29. The van der Waals surface area contributed by atoms with Crippen LogP contribution in [0.2, 0.25) is 0 Å². The molecule has 1 rings (SSSR count). The van der Waals surface area contributed by atoms with E-state index >= 15 is 0 Å². The van der Waals surface area contributed by atoms with Gasteiger partial charge in [0.25, 0.3) is 0 Å². The first-order valence-electron chi connectivity index (χ1n) is 6.04. The van der Waals surface area contributed by atoms with Crippen molar-refractivity contribution >= 4 is 5.91 Å². The van der Waals surface area contributed by atoms with Crippen LogP contribution in [-0.2, 0) is 10.2 Å². The molecular formula is C15H20N2O. The predicted octanol–water partition coefficient (Wildman–Crippen LogP) is 2.53. The Kier molecular flexibility index (Phi) is 4.13. The maximum atomic E-state index is 11.0. The van der Waals surface area contributed by atoms with Crippen molar-refractivity contribution in [1.29, 1.82) is 5.26 Å². The van der Waals surface area contributed by atoms with Crippen molar-refractivity contribution < 1.29 is 4.79 Å². The summed E-state index contributed by atoms with van der Waals surface area (Å²) in [7, 11) is 0. The molecular weight excluding hydrogens is 224 g/mol. The minimum atomic E-state index is -0.578. The summed E-state index contributed by atoms with van der Waals surface area (Å²) < 4.78 is 0. The number of rotatable bonds is 3. The van der Waals surface area contributed by atoms with E-state index < -0.39 is 5.91 Å². The third-order valence-electron chi connectivity index (χ3n) is 3.15. The monoisotopic (exact) mass is 244 g/mol. The Morgan fingerprint density at radius 2 is 1.78 bits per heavy atom. The van der Waals surface area contributed by atoms with Gasteiger partial charge in [-0.3, -0.25) is 4.79 Å². The summed E-state index contributed by atoms with van der Waals surface area (Å²) in [5, 5.41) is 11.1. The molecule has 3 nitrogen and oxygen atoms in total. The largest absolute Gasteiger partial charge is 0.343 e. The lowest BCUT2D eigenvalue weighted by atomic mass is 9.79. The lowest BCUT2D eigenvalue weighted by Gasteiger charge is -2.29. The molecule has 0 fully saturated rings. The van der Waals surface area contributed by atoms with Crippen molar-refractivity contribution in [2.24, 2.45) is 0 Å². The molecule has 0 radical (unpaired) electrons. The highest BCUT2D eigenvalue weighted by atomic mass is 16.1. The van der Waals surface area contributed by atoms with Crippen LogP contribution < -0.4 is 5.32 Å². The smallest absolute Gasteiger partial charge is 0.322 e. The number of nitrogens with zero attached hydrogens (tertiary/aromatic N) is 1. The Morgan fingerprint density at radius 1 is 1.28 bits per heavy atom. The van der Waals surface area contributed by atoms with Crippen LogP contribution in [0.3, 0.4) is 0 Å². The average molecular weight is 244 g/mol. The Labute approximate surface area is 109 Å². The maximum Gasteiger partial charge on any atom is 0.322 e. The standard InChI is InChI=1S/C15H20N2O/c1-10-6-11(2)14(12(3)7-10)15(4,5)9-17-13(18)8-16/h6-7H,9H2,1-5H3,(H,17,18). The van der Waals surface area contributed by atoms with Crippen molar-refractivity contribution in [1.82, 2.24) is 5.32 Å². The van der Waals surface area contributed by atoms with Gasteiger partial charge < -0.3 is 5.32 Å². The first-order valence-corrected chi connectivity index (χ1v) is 6.04. The fourth-order valence-electron chi connectivity index (χ4n) is 2.68. The lowest BCUT2D eigenvalue weighted by molar-refractivity contribution is -0.116. The van der Waals surface area contributed by atoms with Crippen molar-refractivity contribution in [2.45, 2.75) is 40.0 Å². The number of carbonyl (C=O) groups excluding carboxylic acids is 1. The summed E-state index contributed by atoms with van der Waals surface area (Å²) in [6.07, 6.45) is 0. The molecule has 0 aromatic heterocycles. The molecule has 0 saturated heterocycles. The van der Waals surface area contributed by atoms with Gasteiger partial charge in [0, 0.05) is 12.0 Å². The van der Waals surface area contributed by atoms with E-state index in [0.717, 1.165) is 0 Å². The van der Waals surface area contributed by atoms with E-state index in [1.54, 1.807) is 6.07 Å². The van der Waals surface area contributed by atoms with Crippen molar-refractivity contribution in [3.05, 3.63) is 34.4 Å². The molecule has 1 aromatic carbocycles. The Balaban J connectivity index is 3.05. The minimum absolute atomic E-state index is 0.186. The number of aryl methyl sites for hydroxylation is 3. The van der Waals surface area contributed by atoms with Crippen LogP contribution in [0, 0.1) is 32.1 Å². The van der Waals surface area contributed by atoms with Gasteiger partial charge in [-0.15, -0.1) is 0 Å². The number of nitriles is 1. The number of amides is 1. The van der Waals surface area contributed by atoms with Gasteiger partial charge in [0.1, 0.15) is 0 Å². The van der Waals surface area contributed by atoms with Gasteiger partial charge in [-0.05, 0) is 37.5 Å².